The normalized spacial score (nSPS) is 16.5. The molecule has 2 N–H and O–H groups in total. The number of aromatic carboxylic acids is 1. The molecule has 1 saturated carbocycles. The third-order valence-corrected chi connectivity index (χ3v) is 8.89. The summed E-state index contributed by atoms with van der Waals surface area (Å²) in [5, 5.41) is 13.2. The van der Waals surface area contributed by atoms with Crippen LogP contribution in [0.5, 0.6) is 5.75 Å². The molecule has 0 saturated heterocycles. The fraction of sp³-hybridized carbons (Fsp3) is 0.300. The Morgan fingerprint density at radius 3 is 2.59 bits per heavy atom. The van der Waals surface area contributed by atoms with Crippen LogP contribution in [0.1, 0.15) is 58.6 Å². The number of nitrogens with one attached hydrogen (secondary N) is 1. The lowest BCUT2D eigenvalue weighted by molar-refractivity contribution is 0.0694. The number of fused-ring (bicyclic) bond motifs is 2. The Balaban J connectivity index is 1.39. The first-order chi connectivity index (χ1) is 18.9. The summed E-state index contributed by atoms with van der Waals surface area (Å²) in [5.41, 5.74) is 2.69. The topological polar surface area (TPSA) is 101 Å². The van der Waals surface area contributed by atoms with Gasteiger partial charge in [-0.05, 0) is 68.0 Å². The second kappa shape index (κ2) is 9.89. The molecule has 2 aliphatic carbocycles. The number of hydrogen-bond donors (Lipinski definition) is 2. The molecule has 0 aliphatic heterocycles. The zero-order valence-electron chi connectivity index (χ0n) is 21.8. The highest BCUT2D eigenvalue weighted by Crippen LogP contribution is 2.46. The van der Waals surface area contributed by atoms with Crippen LogP contribution < -0.4 is 20.4 Å². The van der Waals surface area contributed by atoms with E-state index in [1.807, 2.05) is 41.0 Å². The molecule has 1 fully saturated rings. The Kier molecular flexibility index (Phi) is 6.38. The molecular weight excluding hydrogens is 514 g/mol. The van der Waals surface area contributed by atoms with Gasteiger partial charge in [0, 0.05) is 40.3 Å². The van der Waals surface area contributed by atoms with Gasteiger partial charge in [0.2, 0.25) is 5.43 Å². The van der Waals surface area contributed by atoms with Crippen LogP contribution in [0.4, 0.5) is 10.5 Å². The molecule has 9 heteroatoms. The van der Waals surface area contributed by atoms with Gasteiger partial charge < -0.3 is 19.7 Å². The van der Waals surface area contributed by atoms with Gasteiger partial charge in [0.1, 0.15) is 5.56 Å². The molecule has 8 nitrogen and oxygen atoms in total. The minimum Gasteiger partial charge on any atom is -0.494 e. The first-order valence-corrected chi connectivity index (χ1v) is 13.9. The number of aromatic nitrogens is 1. The lowest BCUT2D eigenvalue weighted by atomic mass is 9.93. The van der Waals surface area contributed by atoms with Gasteiger partial charge >= 0.3 is 12.0 Å². The second-order valence-corrected chi connectivity index (χ2v) is 11.3. The van der Waals surface area contributed by atoms with Gasteiger partial charge in [0.05, 0.1) is 24.1 Å². The monoisotopic (exact) mass is 543 g/mol. The minimum atomic E-state index is -1.23. The Bertz CT molecular complexity index is 1650. The highest BCUT2D eigenvalue weighted by molar-refractivity contribution is 7.15. The van der Waals surface area contributed by atoms with Crippen molar-refractivity contribution in [2.24, 2.45) is 0 Å². The van der Waals surface area contributed by atoms with Crippen molar-refractivity contribution in [1.82, 2.24) is 9.88 Å². The van der Waals surface area contributed by atoms with Crippen molar-refractivity contribution in [3.8, 4) is 16.2 Å². The van der Waals surface area contributed by atoms with Crippen molar-refractivity contribution < 1.29 is 19.4 Å². The number of hydrogen-bond acceptors (Lipinski definition) is 5. The molecule has 0 bridgehead atoms. The van der Waals surface area contributed by atoms with Gasteiger partial charge in [-0.1, -0.05) is 18.2 Å². The number of amides is 2. The van der Waals surface area contributed by atoms with Crippen molar-refractivity contribution in [3.63, 3.8) is 0 Å². The largest absolute Gasteiger partial charge is 0.494 e. The number of benzene rings is 2. The van der Waals surface area contributed by atoms with E-state index in [0.29, 0.717) is 16.7 Å². The first-order valence-electron chi connectivity index (χ1n) is 13.1. The summed E-state index contributed by atoms with van der Waals surface area (Å²) in [6, 6.07) is 15.1. The van der Waals surface area contributed by atoms with E-state index < -0.39 is 11.4 Å². The minimum absolute atomic E-state index is 0.105. The maximum Gasteiger partial charge on any atom is 0.341 e. The summed E-state index contributed by atoms with van der Waals surface area (Å²) < 4.78 is 7.82. The molecule has 2 aromatic carbocycles. The molecule has 2 heterocycles. The number of nitrogens with zero attached hydrogens (tertiary/aromatic N) is 2. The number of carboxylic acids is 1. The number of para-hydroxylation sites is 1. The fourth-order valence-corrected chi connectivity index (χ4v) is 6.75. The number of carbonyl (C=O) groups excluding carboxylic acids is 1. The van der Waals surface area contributed by atoms with Crippen LogP contribution in [0, 0.1) is 0 Å². The fourth-order valence-electron chi connectivity index (χ4n) is 5.46. The van der Waals surface area contributed by atoms with Crippen LogP contribution in [-0.2, 0) is 6.42 Å². The zero-order chi connectivity index (χ0) is 27.3. The summed E-state index contributed by atoms with van der Waals surface area (Å²) >= 11 is 1.68. The number of carbonyl (C=O) groups is 2. The van der Waals surface area contributed by atoms with E-state index in [4.69, 9.17) is 4.74 Å². The van der Waals surface area contributed by atoms with E-state index in [1.165, 1.54) is 11.1 Å². The van der Waals surface area contributed by atoms with Crippen LogP contribution in [0.2, 0.25) is 0 Å². The number of thiophene rings is 1. The van der Waals surface area contributed by atoms with Gasteiger partial charge in [-0.3, -0.25) is 9.69 Å². The van der Waals surface area contributed by atoms with E-state index in [-0.39, 0.29) is 23.7 Å². The molecule has 2 aromatic heterocycles. The van der Waals surface area contributed by atoms with Gasteiger partial charge in [0.15, 0.2) is 5.75 Å². The lowest BCUT2D eigenvalue weighted by Crippen LogP contribution is -2.40. The third kappa shape index (κ3) is 4.46. The number of methoxy groups -OCH3 is 1. The quantitative estimate of drug-likeness (QED) is 0.311. The number of pyridine rings is 1. The number of anilines is 1. The SMILES string of the molecule is COc1c(-c2cc3c(s2)CCCC3NC(=O)N(C)c2ccccc2)ccc2c(=O)c(C(=O)O)cn(C3CC3)c12. The van der Waals surface area contributed by atoms with Crippen LogP contribution >= 0.6 is 11.3 Å². The third-order valence-electron chi connectivity index (χ3n) is 7.65. The highest BCUT2D eigenvalue weighted by atomic mass is 32.1. The molecule has 39 heavy (non-hydrogen) atoms. The van der Waals surface area contributed by atoms with Gasteiger partial charge in [-0.15, -0.1) is 11.3 Å². The van der Waals surface area contributed by atoms with Crippen LogP contribution in [0.25, 0.3) is 21.3 Å². The molecule has 200 valence electrons. The Hall–Kier alpha value is -4.11. The van der Waals surface area contributed by atoms with Crippen molar-refractivity contribution in [1.29, 1.82) is 0 Å². The molecule has 0 radical (unpaired) electrons. The highest BCUT2D eigenvalue weighted by Gasteiger charge is 2.31. The summed E-state index contributed by atoms with van der Waals surface area (Å²) in [7, 11) is 3.35. The Morgan fingerprint density at radius 2 is 1.90 bits per heavy atom. The van der Waals surface area contributed by atoms with E-state index in [1.54, 1.807) is 36.5 Å². The average molecular weight is 544 g/mol. The molecule has 4 aromatic rings. The van der Waals surface area contributed by atoms with Crippen molar-refractivity contribution in [3.05, 3.63) is 81.0 Å². The van der Waals surface area contributed by atoms with E-state index in [0.717, 1.165) is 53.8 Å². The predicted molar refractivity (Wildman–Crippen MR) is 152 cm³/mol. The Morgan fingerprint density at radius 1 is 1.13 bits per heavy atom. The molecule has 2 amide bonds. The van der Waals surface area contributed by atoms with Crippen molar-refractivity contribution in [2.45, 2.75) is 44.2 Å². The first kappa shape index (κ1) is 25.2. The van der Waals surface area contributed by atoms with E-state index >= 15 is 0 Å². The summed E-state index contributed by atoms with van der Waals surface area (Å²) in [5.74, 6) is -0.660. The zero-order valence-corrected chi connectivity index (χ0v) is 22.6. The smallest absolute Gasteiger partial charge is 0.341 e. The number of rotatable bonds is 6. The summed E-state index contributed by atoms with van der Waals surface area (Å²) in [4.78, 5) is 41.7. The standard InChI is InChI=1S/C30H29N3O5S/c1-32(17-7-4-3-5-8-17)30(37)31-23-9-6-10-24-21(23)15-25(39-24)19-13-14-20-26(28(19)38-2)33(18-11-12-18)16-22(27(20)34)29(35)36/h3-5,7-8,13-16,18,23H,6,9-12H2,1-2H3,(H,31,37)(H,35,36). The molecule has 2 aliphatic rings. The van der Waals surface area contributed by atoms with Crippen LogP contribution in [0.15, 0.2) is 59.5 Å². The molecule has 1 unspecified atom stereocenters. The summed E-state index contributed by atoms with van der Waals surface area (Å²) in [6.45, 7) is 0. The van der Waals surface area contributed by atoms with Crippen molar-refractivity contribution >= 4 is 39.9 Å². The maximum absolute atomic E-state index is 13.1. The maximum atomic E-state index is 13.1. The number of aryl methyl sites for hydroxylation is 1. The Labute approximate surface area is 229 Å². The predicted octanol–water partition coefficient (Wildman–Crippen LogP) is 6.00. The van der Waals surface area contributed by atoms with E-state index in [9.17, 15) is 19.5 Å². The second-order valence-electron chi connectivity index (χ2n) is 10.1. The number of carboxylic acid groups (broad SMARTS) is 1. The number of urea groups is 1. The average Bonchev–Trinajstić information content (AvgIpc) is 3.70. The molecular formula is C30H29N3O5S. The van der Waals surface area contributed by atoms with Gasteiger partial charge in [0.25, 0.3) is 0 Å². The van der Waals surface area contributed by atoms with Crippen LogP contribution in [-0.4, -0.2) is 35.8 Å². The van der Waals surface area contributed by atoms with Gasteiger partial charge in [-0.25, -0.2) is 9.59 Å². The molecule has 1 atom stereocenters. The molecule has 0 spiro atoms. The van der Waals surface area contributed by atoms with Crippen molar-refractivity contribution in [2.75, 3.05) is 19.1 Å². The molecule has 6 rings (SSSR count). The number of ether oxygens (including phenoxy) is 1. The summed E-state index contributed by atoms with van der Waals surface area (Å²) in [6.07, 6.45) is 6.08. The van der Waals surface area contributed by atoms with E-state index in [2.05, 4.69) is 11.4 Å². The lowest BCUT2D eigenvalue weighted by Gasteiger charge is -2.26. The van der Waals surface area contributed by atoms with Gasteiger partial charge in [-0.2, -0.15) is 0 Å². The van der Waals surface area contributed by atoms with Crippen LogP contribution in [0.3, 0.4) is 0 Å².